The molecule has 0 aliphatic rings. The van der Waals surface area contributed by atoms with Gasteiger partial charge in [-0.05, 0) is 41.0 Å². The van der Waals surface area contributed by atoms with Gasteiger partial charge in [0.2, 0.25) is 0 Å². The van der Waals surface area contributed by atoms with E-state index < -0.39 is 4.92 Å². The summed E-state index contributed by atoms with van der Waals surface area (Å²) in [5.74, 6) is 0. The van der Waals surface area contributed by atoms with E-state index in [0.717, 1.165) is 22.2 Å². The Morgan fingerprint density at radius 2 is 1.77 bits per heavy atom. The highest BCUT2D eigenvalue weighted by molar-refractivity contribution is 5.91. The zero-order chi connectivity index (χ0) is 15.5. The molecule has 0 N–H and O–H groups in total. The average molecular weight is 290 g/mol. The van der Waals surface area contributed by atoms with E-state index in [2.05, 4.69) is 29.3 Å². The number of aryl methyl sites for hydroxylation is 1. The van der Waals surface area contributed by atoms with Gasteiger partial charge >= 0.3 is 0 Å². The number of nitro benzene ring substituents is 1. The highest BCUT2D eigenvalue weighted by Crippen LogP contribution is 2.24. The van der Waals surface area contributed by atoms with Crippen LogP contribution in [-0.2, 0) is 0 Å². The Morgan fingerprint density at radius 1 is 1.00 bits per heavy atom. The summed E-state index contributed by atoms with van der Waals surface area (Å²) in [7, 11) is 0. The molecule has 0 saturated heterocycles. The molecule has 22 heavy (non-hydrogen) atoms. The molecule has 0 aliphatic carbocycles. The van der Waals surface area contributed by atoms with Gasteiger partial charge < -0.3 is 0 Å². The number of nitrogens with zero attached hydrogens (tertiary/aromatic N) is 2. The van der Waals surface area contributed by atoms with Gasteiger partial charge in [-0.25, -0.2) is 0 Å². The number of nitro groups is 1. The summed E-state index contributed by atoms with van der Waals surface area (Å²) >= 11 is 0. The molecule has 0 saturated carbocycles. The number of aliphatic imine (C=N–C) groups is 1. The van der Waals surface area contributed by atoms with Crippen LogP contribution >= 0.6 is 0 Å². The number of rotatable bonds is 3. The third kappa shape index (κ3) is 2.86. The third-order valence-electron chi connectivity index (χ3n) is 3.52. The number of fused-ring (bicyclic) bond motifs is 1. The first-order valence-corrected chi connectivity index (χ1v) is 6.91. The predicted molar refractivity (Wildman–Crippen MR) is 89.0 cm³/mol. The summed E-state index contributed by atoms with van der Waals surface area (Å²) in [6.07, 6.45) is 1.78. The first kappa shape index (κ1) is 13.9. The van der Waals surface area contributed by atoms with Gasteiger partial charge in [-0.3, -0.25) is 15.1 Å². The maximum absolute atomic E-state index is 10.7. The van der Waals surface area contributed by atoms with Crippen LogP contribution in [0.25, 0.3) is 10.8 Å². The molecule has 0 unspecified atom stereocenters. The SMILES string of the molecule is Cc1cc([N+](=O)[O-])ccc1N=Cc1ccc2ccccc2c1. The molecular weight excluding hydrogens is 276 g/mol. The van der Waals surface area contributed by atoms with Crippen molar-refractivity contribution in [1.82, 2.24) is 0 Å². The van der Waals surface area contributed by atoms with Gasteiger partial charge in [0.25, 0.3) is 5.69 Å². The summed E-state index contributed by atoms with van der Waals surface area (Å²) in [4.78, 5) is 14.8. The van der Waals surface area contributed by atoms with E-state index in [1.54, 1.807) is 12.3 Å². The fourth-order valence-electron chi connectivity index (χ4n) is 2.33. The first-order chi connectivity index (χ1) is 10.6. The van der Waals surface area contributed by atoms with Crippen LogP contribution in [0.5, 0.6) is 0 Å². The highest BCUT2D eigenvalue weighted by Gasteiger charge is 2.06. The van der Waals surface area contributed by atoms with Crippen LogP contribution in [0.4, 0.5) is 11.4 Å². The quantitative estimate of drug-likeness (QED) is 0.395. The topological polar surface area (TPSA) is 55.5 Å². The van der Waals surface area contributed by atoms with E-state index in [1.165, 1.54) is 17.5 Å². The molecule has 3 rings (SSSR count). The van der Waals surface area contributed by atoms with E-state index in [1.807, 2.05) is 25.1 Å². The summed E-state index contributed by atoms with van der Waals surface area (Å²) in [5, 5.41) is 13.1. The van der Waals surface area contributed by atoms with E-state index in [4.69, 9.17) is 0 Å². The summed E-state index contributed by atoms with van der Waals surface area (Å²) < 4.78 is 0. The van der Waals surface area contributed by atoms with Crippen molar-refractivity contribution in [2.75, 3.05) is 0 Å². The van der Waals surface area contributed by atoms with E-state index >= 15 is 0 Å². The maximum Gasteiger partial charge on any atom is 0.269 e. The molecule has 0 aromatic heterocycles. The van der Waals surface area contributed by atoms with Crippen LogP contribution in [0.1, 0.15) is 11.1 Å². The van der Waals surface area contributed by atoms with E-state index in [0.29, 0.717) is 0 Å². The lowest BCUT2D eigenvalue weighted by molar-refractivity contribution is -0.384. The Hall–Kier alpha value is -3.01. The van der Waals surface area contributed by atoms with Crippen LogP contribution in [0, 0.1) is 17.0 Å². The van der Waals surface area contributed by atoms with Crippen molar-refractivity contribution in [2.45, 2.75) is 6.92 Å². The fraction of sp³-hybridized carbons (Fsp3) is 0.0556. The van der Waals surface area contributed by atoms with E-state index in [-0.39, 0.29) is 5.69 Å². The van der Waals surface area contributed by atoms with Gasteiger partial charge in [-0.1, -0.05) is 36.4 Å². The van der Waals surface area contributed by atoms with Crippen molar-refractivity contribution in [3.8, 4) is 0 Å². The van der Waals surface area contributed by atoms with Crippen molar-refractivity contribution in [3.63, 3.8) is 0 Å². The molecule has 0 radical (unpaired) electrons. The predicted octanol–water partition coefficient (Wildman–Crippen LogP) is 4.81. The highest BCUT2D eigenvalue weighted by atomic mass is 16.6. The van der Waals surface area contributed by atoms with Crippen LogP contribution in [-0.4, -0.2) is 11.1 Å². The second-order valence-electron chi connectivity index (χ2n) is 5.09. The Labute approximate surface area is 127 Å². The average Bonchev–Trinajstić information content (AvgIpc) is 2.53. The lowest BCUT2D eigenvalue weighted by Gasteiger charge is -2.01. The van der Waals surface area contributed by atoms with Gasteiger partial charge in [0, 0.05) is 18.3 Å². The van der Waals surface area contributed by atoms with Gasteiger partial charge in [0.05, 0.1) is 10.6 Å². The second kappa shape index (κ2) is 5.77. The Bertz CT molecular complexity index is 885. The maximum atomic E-state index is 10.7. The third-order valence-corrected chi connectivity index (χ3v) is 3.52. The molecular formula is C18H14N2O2. The molecule has 0 atom stereocenters. The zero-order valence-corrected chi connectivity index (χ0v) is 12.1. The molecule has 3 aromatic carbocycles. The second-order valence-corrected chi connectivity index (χ2v) is 5.09. The minimum absolute atomic E-state index is 0.0853. The van der Waals surface area contributed by atoms with Crippen LogP contribution in [0.3, 0.4) is 0 Å². The van der Waals surface area contributed by atoms with Gasteiger partial charge in [0.1, 0.15) is 0 Å². The van der Waals surface area contributed by atoms with Crippen molar-refractivity contribution >= 4 is 28.4 Å². The minimum atomic E-state index is -0.399. The fourth-order valence-corrected chi connectivity index (χ4v) is 2.33. The molecule has 0 bridgehead atoms. The molecule has 0 heterocycles. The van der Waals surface area contributed by atoms with Crippen LogP contribution in [0.15, 0.2) is 65.7 Å². The minimum Gasteiger partial charge on any atom is -0.258 e. The Kier molecular flexibility index (Phi) is 3.66. The molecule has 4 nitrogen and oxygen atoms in total. The van der Waals surface area contributed by atoms with Crippen molar-refractivity contribution in [3.05, 3.63) is 81.9 Å². The van der Waals surface area contributed by atoms with Gasteiger partial charge in [-0.2, -0.15) is 0 Å². The monoisotopic (exact) mass is 290 g/mol. The van der Waals surface area contributed by atoms with Crippen LogP contribution in [0.2, 0.25) is 0 Å². The van der Waals surface area contributed by atoms with Crippen molar-refractivity contribution < 1.29 is 4.92 Å². The molecule has 0 fully saturated rings. The summed E-state index contributed by atoms with van der Waals surface area (Å²) in [5.41, 5.74) is 2.60. The molecule has 4 heteroatoms. The van der Waals surface area contributed by atoms with Crippen molar-refractivity contribution in [2.24, 2.45) is 4.99 Å². The smallest absolute Gasteiger partial charge is 0.258 e. The largest absolute Gasteiger partial charge is 0.269 e. The summed E-state index contributed by atoms with van der Waals surface area (Å²) in [6.45, 7) is 1.82. The number of non-ortho nitro benzene ring substituents is 1. The lowest BCUT2D eigenvalue weighted by atomic mass is 10.1. The molecule has 108 valence electrons. The van der Waals surface area contributed by atoms with Crippen molar-refractivity contribution in [1.29, 1.82) is 0 Å². The molecule has 0 amide bonds. The Balaban J connectivity index is 1.90. The molecule has 0 aliphatic heterocycles. The normalized spacial score (nSPS) is 11.1. The van der Waals surface area contributed by atoms with E-state index in [9.17, 15) is 10.1 Å². The first-order valence-electron chi connectivity index (χ1n) is 6.91. The standard InChI is InChI=1S/C18H14N2O2/c1-13-10-17(20(21)22)8-9-18(13)19-12-14-6-7-15-4-2-3-5-16(15)11-14/h2-12H,1H3. The van der Waals surface area contributed by atoms with Gasteiger partial charge in [0.15, 0.2) is 0 Å². The lowest BCUT2D eigenvalue weighted by Crippen LogP contribution is -1.88. The summed E-state index contributed by atoms with van der Waals surface area (Å²) in [6, 6.07) is 18.9. The molecule has 0 spiro atoms. The van der Waals surface area contributed by atoms with Gasteiger partial charge in [-0.15, -0.1) is 0 Å². The number of hydrogen-bond donors (Lipinski definition) is 0. The number of hydrogen-bond acceptors (Lipinski definition) is 3. The number of benzene rings is 3. The Morgan fingerprint density at radius 3 is 2.50 bits per heavy atom. The van der Waals surface area contributed by atoms with Crippen LogP contribution < -0.4 is 0 Å². The molecule has 3 aromatic rings. The zero-order valence-electron chi connectivity index (χ0n) is 12.1.